The molecule has 0 spiro atoms. The normalized spacial score (nSPS) is 12.6. The van der Waals surface area contributed by atoms with Crippen LogP contribution in [0.2, 0.25) is 0 Å². The molecule has 5 heteroatoms. The number of imidazole rings is 1. The maximum absolute atomic E-state index is 5.25. The van der Waals surface area contributed by atoms with E-state index in [0.717, 1.165) is 44.1 Å². The molecule has 0 aliphatic carbocycles. The van der Waals surface area contributed by atoms with Crippen molar-refractivity contribution in [1.29, 1.82) is 0 Å². The number of ether oxygens (including phenoxy) is 2. The van der Waals surface area contributed by atoms with E-state index in [0.29, 0.717) is 12.6 Å². The van der Waals surface area contributed by atoms with Crippen molar-refractivity contribution in [2.75, 3.05) is 32.8 Å². The van der Waals surface area contributed by atoms with E-state index in [4.69, 9.17) is 9.47 Å². The standard InChI is InChI=1S/C14H27N3O2/c1-5-7-13(11-19-4)16-14-15-12(2)10-17(14)8-6-9-18-3/h10,13H,5-9,11H2,1-4H3,(H,15,16). The van der Waals surface area contributed by atoms with Crippen LogP contribution in [-0.4, -0.2) is 43.0 Å². The van der Waals surface area contributed by atoms with Crippen LogP contribution >= 0.6 is 0 Å². The molecule has 1 rings (SSSR count). The van der Waals surface area contributed by atoms with Crippen LogP contribution in [0, 0.1) is 6.92 Å². The Balaban J connectivity index is 2.63. The maximum Gasteiger partial charge on any atom is 0.203 e. The average molecular weight is 269 g/mol. The van der Waals surface area contributed by atoms with Gasteiger partial charge in [-0.05, 0) is 19.8 Å². The Hall–Kier alpha value is -1.07. The number of aryl methyl sites for hydroxylation is 2. The predicted octanol–water partition coefficient (Wildman–Crippen LogP) is 2.46. The summed E-state index contributed by atoms with van der Waals surface area (Å²) in [6, 6.07) is 0.318. The number of nitrogens with zero attached hydrogens (tertiary/aromatic N) is 2. The van der Waals surface area contributed by atoms with Crippen LogP contribution in [0.4, 0.5) is 5.95 Å². The zero-order valence-electron chi connectivity index (χ0n) is 12.6. The number of hydrogen-bond donors (Lipinski definition) is 1. The van der Waals surface area contributed by atoms with Crippen molar-refractivity contribution in [3.05, 3.63) is 11.9 Å². The highest BCUT2D eigenvalue weighted by molar-refractivity contribution is 5.30. The van der Waals surface area contributed by atoms with Gasteiger partial charge >= 0.3 is 0 Å². The monoisotopic (exact) mass is 269 g/mol. The third-order valence-corrected chi connectivity index (χ3v) is 2.98. The lowest BCUT2D eigenvalue weighted by molar-refractivity contribution is 0.181. The maximum atomic E-state index is 5.25. The molecule has 19 heavy (non-hydrogen) atoms. The van der Waals surface area contributed by atoms with Crippen LogP contribution in [0.5, 0.6) is 0 Å². The fourth-order valence-corrected chi connectivity index (χ4v) is 2.14. The second-order valence-electron chi connectivity index (χ2n) is 4.83. The lowest BCUT2D eigenvalue weighted by Crippen LogP contribution is -2.26. The van der Waals surface area contributed by atoms with Gasteiger partial charge in [0.25, 0.3) is 0 Å². The van der Waals surface area contributed by atoms with E-state index in [1.54, 1.807) is 14.2 Å². The molecule has 0 aliphatic heterocycles. The largest absolute Gasteiger partial charge is 0.385 e. The van der Waals surface area contributed by atoms with Crippen LogP contribution in [0.3, 0.4) is 0 Å². The van der Waals surface area contributed by atoms with Gasteiger partial charge in [0.15, 0.2) is 0 Å². The molecule has 110 valence electrons. The molecular formula is C14H27N3O2. The molecule has 1 aromatic heterocycles. The average Bonchev–Trinajstić information content (AvgIpc) is 2.71. The number of rotatable bonds is 10. The first kappa shape index (κ1) is 16.0. The summed E-state index contributed by atoms with van der Waals surface area (Å²) >= 11 is 0. The zero-order chi connectivity index (χ0) is 14.1. The van der Waals surface area contributed by atoms with Gasteiger partial charge in [0.2, 0.25) is 5.95 Å². The first-order valence-corrected chi connectivity index (χ1v) is 6.99. The smallest absolute Gasteiger partial charge is 0.203 e. The Bertz CT molecular complexity index is 346. The predicted molar refractivity (Wildman–Crippen MR) is 77.7 cm³/mol. The second kappa shape index (κ2) is 8.93. The van der Waals surface area contributed by atoms with Crippen LogP contribution in [0.25, 0.3) is 0 Å². The van der Waals surface area contributed by atoms with E-state index in [-0.39, 0.29) is 0 Å². The Morgan fingerprint density at radius 2 is 2.16 bits per heavy atom. The summed E-state index contributed by atoms with van der Waals surface area (Å²) in [4.78, 5) is 4.55. The molecule has 0 radical (unpaired) electrons. The van der Waals surface area contributed by atoms with Crippen molar-refractivity contribution in [2.24, 2.45) is 0 Å². The molecule has 1 heterocycles. The minimum Gasteiger partial charge on any atom is -0.385 e. The highest BCUT2D eigenvalue weighted by atomic mass is 16.5. The molecule has 1 N–H and O–H groups in total. The van der Waals surface area contributed by atoms with E-state index in [2.05, 4.69) is 28.0 Å². The first-order chi connectivity index (χ1) is 9.21. The van der Waals surface area contributed by atoms with Gasteiger partial charge in [-0.3, -0.25) is 0 Å². The third kappa shape index (κ3) is 5.61. The lowest BCUT2D eigenvalue weighted by Gasteiger charge is -2.18. The van der Waals surface area contributed by atoms with E-state index < -0.39 is 0 Å². The molecule has 0 saturated heterocycles. The Kier molecular flexibility index (Phi) is 7.52. The minimum absolute atomic E-state index is 0.318. The highest BCUT2D eigenvalue weighted by Gasteiger charge is 2.12. The summed E-state index contributed by atoms with van der Waals surface area (Å²) in [6.45, 7) is 6.59. The Morgan fingerprint density at radius 3 is 2.79 bits per heavy atom. The molecule has 5 nitrogen and oxygen atoms in total. The molecule has 0 bridgehead atoms. The van der Waals surface area contributed by atoms with E-state index in [1.165, 1.54) is 0 Å². The molecule has 1 aromatic rings. The number of aromatic nitrogens is 2. The molecule has 0 fully saturated rings. The van der Waals surface area contributed by atoms with Crippen molar-refractivity contribution >= 4 is 5.95 Å². The number of nitrogens with one attached hydrogen (secondary N) is 1. The summed E-state index contributed by atoms with van der Waals surface area (Å²) in [5.74, 6) is 0.934. The van der Waals surface area contributed by atoms with Gasteiger partial charge < -0.3 is 19.4 Å². The van der Waals surface area contributed by atoms with E-state index in [1.807, 2.05) is 6.92 Å². The van der Waals surface area contributed by atoms with Gasteiger partial charge in [-0.15, -0.1) is 0 Å². The number of anilines is 1. The van der Waals surface area contributed by atoms with Crippen molar-refractivity contribution in [1.82, 2.24) is 9.55 Å². The summed E-state index contributed by atoms with van der Waals surface area (Å²) in [5.41, 5.74) is 1.03. The van der Waals surface area contributed by atoms with Gasteiger partial charge in [-0.2, -0.15) is 0 Å². The summed E-state index contributed by atoms with van der Waals surface area (Å²) in [5, 5.41) is 3.48. The number of methoxy groups -OCH3 is 2. The van der Waals surface area contributed by atoms with E-state index in [9.17, 15) is 0 Å². The Labute approximate surface area is 116 Å². The number of hydrogen-bond acceptors (Lipinski definition) is 4. The summed E-state index contributed by atoms with van der Waals surface area (Å²) < 4.78 is 12.5. The van der Waals surface area contributed by atoms with Gasteiger partial charge in [0.05, 0.1) is 18.3 Å². The molecule has 1 unspecified atom stereocenters. The van der Waals surface area contributed by atoms with Crippen molar-refractivity contribution in [3.8, 4) is 0 Å². The van der Waals surface area contributed by atoms with Crippen LogP contribution in [0.15, 0.2) is 6.20 Å². The quantitative estimate of drug-likeness (QED) is 0.663. The summed E-state index contributed by atoms with van der Waals surface area (Å²) in [6.07, 6.45) is 5.28. The SMILES string of the molecule is CCCC(COC)Nc1nc(C)cn1CCCOC. The van der Waals surface area contributed by atoms with Crippen LogP contribution < -0.4 is 5.32 Å². The van der Waals surface area contributed by atoms with Gasteiger partial charge in [0.1, 0.15) is 0 Å². The molecule has 0 aromatic carbocycles. The van der Waals surface area contributed by atoms with E-state index >= 15 is 0 Å². The zero-order valence-corrected chi connectivity index (χ0v) is 12.6. The fraction of sp³-hybridized carbons (Fsp3) is 0.786. The van der Waals surface area contributed by atoms with Gasteiger partial charge in [0, 0.05) is 33.6 Å². The minimum atomic E-state index is 0.318. The van der Waals surface area contributed by atoms with Crippen LogP contribution in [-0.2, 0) is 16.0 Å². The second-order valence-corrected chi connectivity index (χ2v) is 4.83. The Morgan fingerprint density at radius 1 is 1.37 bits per heavy atom. The lowest BCUT2D eigenvalue weighted by atomic mass is 10.2. The molecule has 0 aliphatic rings. The molecular weight excluding hydrogens is 242 g/mol. The summed E-state index contributed by atoms with van der Waals surface area (Å²) in [7, 11) is 3.47. The van der Waals surface area contributed by atoms with Crippen molar-refractivity contribution in [3.63, 3.8) is 0 Å². The van der Waals surface area contributed by atoms with Crippen LogP contribution in [0.1, 0.15) is 31.9 Å². The topological polar surface area (TPSA) is 48.3 Å². The van der Waals surface area contributed by atoms with Crippen molar-refractivity contribution in [2.45, 2.75) is 45.7 Å². The molecule has 0 saturated carbocycles. The third-order valence-electron chi connectivity index (χ3n) is 2.98. The van der Waals surface area contributed by atoms with Gasteiger partial charge in [-0.25, -0.2) is 4.98 Å². The highest BCUT2D eigenvalue weighted by Crippen LogP contribution is 2.13. The first-order valence-electron chi connectivity index (χ1n) is 6.99. The fourth-order valence-electron chi connectivity index (χ4n) is 2.14. The van der Waals surface area contributed by atoms with Crippen molar-refractivity contribution < 1.29 is 9.47 Å². The molecule has 1 atom stereocenters. The van der Waals surface area contributed by atoms with Gasteiger partial charge in [-0.1, -0.05) is 13.3 Å². The molecule has 0 amide bonds.